The fourth-order valence-corrected chi connectivity index (χ4v) is 5.34. The molecule has 1 fully saturated rings. The first-order chi connectivity index (χ1) is 12.0. The first kappa shape index (κ1) is 16.9. The highest BCUT2D eigenvalue weighted by atomic mass is 32.2. The summed E-state index contributed by atoms with van der Waals surface area (Å²) in [4.78, 5) is 13.0. The quantitative estimate of drug-likeness (QED) is 0.880. The maximum Gasteiger partial charge on any atom is 0.225 e. The summed E-state index contributed by atoms with van der Waals surface area (Å²) in [5, 5.41) is 5.48. The monoisotopic (exact) mass is 378 g/mol. The number of fused-ring (bicyclic) bond motifs is 1. The van der Waals surface area contributed by atoms with Crippen LogP contribution >= 0.6 is 11.3 Å². The molecule has 2 aliphatic heterocycles. The molecule has 0 saturated carbocycles. The number of hydrogen-bond donors (Lipinski definition) is 1. The third kappa shape index (κ3) is 3.43. The summed E-state index contributed by atoms with van der Waals surface area (Å²) in [6.07, 6.45) is 5.73. The highest BCUT2D eigenvalue weighted by molar-refractivity contribution is 7.90. The minimum atomic E-state index is -3.34. The van der Waals surface area contributed by atoms with Crippen molar-refractivity contribution >= 4 is 27.1 Å². The Hall–Kier alpha value is -1.51. The zero-order valence-electron chi connectivity index (χ0n) is 14.2. The van der Waals surface area contributed by atoms with Gasteiger partial charge in [-0.05, 0) is 42.8 Å². The number of sulfone groups is 1. The Morgan fingerprint density at radius 1 is 1.40 bits per heavy atom. The van der Waals surface area contributed by atoms with Crippen LogP contribution in [0.4, 0.5) is 5.95 Å². The van der Waals surface area contributed by atoms with Crippen molar-refractivity contribution < 1.29 is 8.42 Å². The molecule has 1 N–H and O–H groups in total. The van der Waals surface area contributed by atoms with Gasteiger partial charge < -0.3 is 10.2 Å². The van der Waals surface area contributed by atoms with Crippen molar-refractivity contribution in [2.75, 3.05) is 30.8 Å². The Balaban J connectivity index is 1.70. The van der Waals surface area contributed by atoms with Crippen molar-refractivity contribution in [1.82, 2.24) is 15.3 Å². The molecule has 1 saturated heterocycles. The largest absolute Gasteiger partial charge is 0.336 e. The fraction of sp³-hybridized carbons (Fsp3) is 0.529. The van der Waals surface area contributed by atoms with Crippen LogP contribution in [0.25, 0.3) is 0 Å². The summed E-state index contributed by atoms with van der Waals surface area (Å²) in [6.45, 7) is 3.41. The van der Waals surface area contributed by atoms with Gasteiger partial charge in [0.1, 0.15) is 4.90 Å². The van der Waals surface area contributed by atoms with E-state index in [1.54, 1.807) is 11.3 Å². The van der Waals surface area contributed by atoms with Crippen LogP contribution < -0.4 is 10.2 Å². The van der Waals surface area contributed by atoms with Gasteiger partial charge in [-0.3, -0.25) is 0 Å². The lowest BCUT2D eigenvalue weighted by molar-refractivity contribution is 0.447. The van der Waals surface area contributed by atoms with Gasteiger partial charge in [-0.15, -0.1) is 11.3 Å². The predicted molar refractivity (Wildman–Crippen MR) is 99.1 cm³/mol. The molecule has 8 heteroatoms. The van der Waals surface area contributed by atoms with E-state index in [2.05, 4.69) is 26.6 Å². The number of nitrogens with one attached hydrogen (secondary N) is 1. The van der Waals surface area contributed by atoms with E-state index in [1.165, 1.54) is 22.9 Å². The van der Waals surface area contributed by atoms with Crippen LogP contribution in [0.5, 0.6) is 0 Å². The standard InChI is InChI=1S/C17H22N4O2S2/c1-25(22,23)15-10-19-17(20-16(15)12-3-2-6-18-9-12)21-7-4-14-13(11-21)5-8-24-14/h5,8,10,12,18H,2-4,6-7,9,11H2,1H3. The van der Waals surface area contributed by atoms with Gasteiger partial charge in [-0.2, -0.15) is 0 Å². The fourth-order valence-electron chi connectivity index (χ4n) is 3.61. The molecule has 2 aromatic rings. The summed E-state index contributed by atoms with van der Waals surface area (Å²) < 4.78 is 24.4. The smallest absolute Gasteiger partial charge is 0.225 e. The molecular formula is C17H22N4O2S2. The van der Waals surface area contributed by atoms with Crippen molar-refractivity contribution in [2.24, 2.45) is 0 Å². The molecule has 0 aromatic carbocycles. The molecule has 0 spiro atoms. The first-order valence-corrected chi connectivity index (χ1v) is 11.4. The molecule has 0 radical (unpaired) electrons. The number of rotatable bonds is 3. The second-order valence-electron chi connectivity index (χ2n) is 6.78. The lowest BCUT2D eigenvalue weighted by atomic mass is 9.96. The van der Waals surface area contributed by atoms with Crippen LogP contribution in [0.1, 0.15) is 34.9 Å². The van der Waals surface area contributed by atoms with Gasteiger partial charge in [-0.1, -0.05) is 0 Å². The molecule has 4 heterocycles. The van der Waals surface area contributed by atoms with Crippen molar-refractivity contribution in [2.45, 2.75) is 36.6 Å². The Morgan fingerprint density at radius 2 is 2.28 bits per heavy atom. The first-order valence-electron chi connectivity index (χ1n) is 8.60. The Kier molecular flexibility index (Phi) is 4.51. The van der Waals surface area contributed by atoms with E-state index in [0.29, 0.717) is 11.6 Å². The van der Waals surface area contributed by atoms with Crippen LogP contribution in [0.2, 0.25) is 0 Å². The summed E-state index contributed by atoms with van der Waals surface area (Å²) in [7, 11) is -3.34. The molecule has 2 aromatic heterocycles. The number of anilines is 1. The van der Waals surface area contributed by atoms with Crippen LogP contribution in [0.3, 0.4) is 0 Å². The summed E-state index contributed by atoms with van der Waals surface area (Å²) in [5.41, 5.74) is 2.00. The van der Waals surface area contributed by atoms with Gasteiger partial charge in [0.25, 0.3) is 0 Å². The van der Waals surface area contributed by atoms with Crippen LogP contribution in [-0.4, -0.2) is 44.3 Å². The lowest BCUT2D eigenvalue weighted by Gasteiger charge is -2.29. The van der Waals surface area contributed by atoms with Crippen LogP contribution in [0.15, 0.2) is 22.5 Å². The van der Waals surface area contributed by atoms with Crippen molar-refractivity contribution in [1.29, 1.82) is 0 Å². The topological polar surface area (TPSA) is 75.2 Å². The summed E-state index contributed by atoms with van der Waals surface area (Å²) in [6, 6.07) is 2.16. The van der Waals surface area contributed by atoms with Crippen LogP contribution in [-0.2, 0) is 22.8 Å². The zero-order chi connectivity index (χ0) is 17.4. The third-order valence-corrected chi connectivity index (χ3v) is 7.08. The summed E-state index contributed by atoms with van der Waals surface area (Å²) >= 11 is 1.80. The molecular weight excluding hydrogens is 356 g/mol. The highest BCUT2D eigenvalue weighted by Gasteiger charge is 2.27. The van der Waals surface area contributed by atoms with Gasteiger partial charge in [0, 0.05) is 36.7 Å². The van der Waals surface area contributed by atoms with Gasteiger partial charge in [0.2, 0.25) is 5.95 Å². The average Bonchev–Trinajstić information content (AvgIpc) is 3.09. The lowest BCUT2D eigenvalue weighted by Crippen LogP contribution is -2.33. The molecule has 134 valence electrons. The normalized spacial score (nSPS) is 21.2. The van der Waals surface area contributed by atoms with Gasteiger partial charge in [0.05, 0.1) is 11.9 Å². The second-order valence-corrected chi connectivity index (χ2v) is 9.76. The number of nitrogens with zero attached hydrogens (tertiary/aromatic N) is 3. The van der Waals surface area contributed by atoms with Gasteiger partial charge in [0.15, 0.2) is 9.84 Å². The maximum atomic E-state index is 12.2. The summed E-state index contributed by atoms with van der Waals surface area (Å²) in [5.74, 6) is 0.770. The third-order valence-electron chi connectivity index (χ3n) is 4.94. The molecule has 1 atom stereocenters. The molecule has 0 aliphatic carbocycles. The van der Waals surface area contributed by atoms with E-state index in [4.69, 9.17) is 4.98 Å². The van der Waals surface area contributed by atoms with Gasteiger partial charge >= 0.3 is 0 Å². The Labute approximate surface area is 152 Å². The Bertz CT molecular complexity index is 873. The molecule has 2 aliphatic rings. The van der Waals surface area contributed by atoms with Gasteiger partial charge in [-0.25, -0.2) is 18.4 Å². The van der Waals surface area contributed by atoms with E-state index in [-0.39, 0.29) is 10.8 Å². The minimum Gasteiger partial charge on any atom is -0.336 e. The van der Waals surface area contributed by atoms with Crippen molar-refractivity contribution in [3.8, 4) is 0 Å². The van der Waals surface area contributed by atoms with Crippen LogP contribution in [0, 0.1) is 0 Å². The van der Waals surface area contributed by atoms with E-state index < -0.39 is 9.84 Å². The highest BCUT2D eigenvalue weighted by Crippen LogP contribution is 2.31. The van der Waals surface area contributed by atoms with Crippen molar-refractivity contribution in [3.63, 3.8) is 0 Å². The van der Waals surface area contributed by atoms with E-state index in [0.717, 1.165) is 45.4 Å². The van der Waals surface area contributed by atoms with E-state index in [1.807, 2.05) is 0 Å². The van der Waals surface area contributed by atoms with Crippen molar-refractivity contribution in [3.05, 3.63) is 33.8 Å². The SMILES string of the molecule is CS(=O)(=O)c1cnc(N2CCc3sccc3C2)nc1C1CCCNC1. The number of hydrogen-bond acceptors (Lipinski definition) is 7. The van der Waals surface area contributed by atoms with E-state index in [9.17, 15) is 8.42 Å². The second kappa shape index (κ2) is 6.66. The number of aromatic nitrogens is 2. The average molecular weight is 379 g/mol. The molecule has 4 rings (SSSR count). The maximum absolute atomic E-state index is 12.2. The minimum absolute atomic E-state index is 0.127. The Morgan fingerprint density at radius 3 is 3.04 bits per heavy atom. The predicted octanol–water partition coefficient (Wildman–Crippen LogP) is 1.97. The molecule has 6 nitrogen and oxygen atoms in total. The number of thiophene rings is 1. The van der Waals surface area contributed by atoms with E-state index >= 15 is 0 Å². The zero-order valence-corrected chi connectivity index (χ0v) is 15.9. The molecule has 0 amide bonds. The molecule has 0 bridgehead atoms. The molecule has 1 unspecified atom stereocenters. The number of piperidine rings is 1. The molecule has 25 heavy (non-hydrogen) atoms.